The fourth-order valence-corrected chi connectivity index (χ4v) is 3.24. The Balaban J connectivity index is 1.82. The molecule has 2 rings (SSSR count). The zero-order chi connectivity index (χ0) is 15.3. The molecule has 21 heavy (non-hydrogen) atoms. The van der Waals surface area contributed by atoms with Crippen molar-refractivity contribution < 1.29 is 17.9 Å². The van der Waals surface area contributed by atoms with Gasteiger partial charge in [-0.05, 0) is 36.1 Å². The standard InChI is InChI=1S/C15H23NO4S/c1-12(2)11-19-8-3-7-16-21(17,18)14-4-5-15-13(10-14)6-9-20-15/h4-5,10,12,16H,3,6-9,11H2,1-2H3. The number of fused-ring (bicyclic) bond motifs is 1. The first-order valence-electron chi connectivity index (χ1n) is 7.32. The van der Waals surface area contributed by atoms with Crippen LogP contribution in [0.3, 0.4) is 0 Å². The normalized spacial score (nSPS) is 14.2. The van der Waals surface area contributed by atoms with E-state index >= 15 is 0 Å². The molecule has 1 aromatic rings. The Morgan fingerprint density at radius 1 is 1.38 bits per heavy atom. The zero-order valence-corrected chi connectivity index (χ0v) is 13.4. The SMILES string of the molecule is CC(C)COCCCNS(=O)(=O)c1ccc2c(c1)CCO2. The second-order valence-corrected chi connectivity index (χ2v) is 7.36. The fraction of sp³-hybridized carbons (Fsp3) is 0.600. The average Bonchev–Trinajstić information content (AvgIpc) is 2.89. The first-order valence-corrected chi connectivity index (χ1v) is 8.80. The van der Waals surface area contributed by atoms with Crippen molar-refractivity contribution in [1.29, 1.82) is 0 Å². The lowest BCUT2D eigenvalue weighted by Gasteiger charge is -2.09. The van der Waals surface area contributed by atoms with Gasteiger partial charge in [0.15, 0.2) is 0 Å². The van der Waals surface area contributed by atoms with Gasteiger partial charge < -0.3 is 9.47 Å². The summed E-state index contributed by atoms with van der Waals surface area (Å²) in [5.74, 6) is 1.28. The predicted octanol–water partition coefficient (Wildman–Crippen LogP) is 1.96. The van der Waals surface area contributed by atoms with Crippen LogP contribution in [0, 0.1) is 5.92 Å². The van der Waals surface area contributed by atoms with E-state index in [1.54, 1.807) is 18.2 Å². The van der Waals surface area contributed by atoms with Crippen LogP contribution in [-0.2, 0) is 21.2 Å². The number of ether oxygens (including phenoxy) is 2. The highest BCUT2D eigenvalue weighted by molar-refractivity contribution is 7.89. The van der Waals surface area contributed by atoms with E-state index in [0.717, 1.165) is 17.7 Å². The third-order valence-corrected chi connectivity index (χ3v) is 4.64. The van der Waals surface area contributed by atoms with Gasteiger partial charge in [-0.2, -0.15) is 0 Å². The van der Waals surface area contributed by atoms with E-state index in [0.29, 0.717) is 43.6 Å². The van der Waals surface area contributed by atoms with Gasteiger partial charge in [-0.1, -0.05) is 13.8 Å². The van der Waals surface area contributed by atoms with Crippen LogP contribution in [-0.4, -0.2) is 34.8 Å². The Hall–Kier alpha value is -1.11. The predicted molar refractivity (Wildman–Crippen MR) is 81.1 cm³/mol. The molecular formula is C15H23NO4S. The minimum Gasteiger partial charge on any atom is -0.493 e. The van der Waals surface area contributed by atoms with Crippen LogP contribution < -0.4 is 9.46 Å². The summed E-state index contributed by atoms with van der Waals surface area (Å²) in [7, 11) is -3.45. The monoisotopic (exact) mass is 313 g/mol. The molecule has 0 aromatic heterocycles. The Kier molecular flexibility index (Phi) is 5.61. The van der Waals surface area contributed by atoms with Crippen molar-refractivity contribution >= 4 is 10.0 Å². The number of rotatable bonds is 8. The van der Waals surface area contributed by atoms with Gasteiger partial charge >= 0.3 is 0 Å². The van der Waals surface area contributed by atoms with Crippen molar-refractivity contribution in [3.8, 4) is 5.75 Å². The third kappa shape index (κ3) is 4.69. The van der Waals surface area contributed by atoms with Crippen molar-refractivity contribution in [2.75, 3.05) is 26.4 Å². The van der Waals surface area contributed by atoms with E-state index in [2.05, 4.69) is 18.6 Å². The number of sulfonamides is 1. The summed E-state index contributed by atoms with van der Waals surface area (Å²) in [6.07, 6.45) is 1.43. The number of hydrogen-bond donors (Lipinski definition) is 1. The van der Waals surface area contributed by atoms with Gasteiger partial charge in [-0.15, -0.1) is 0 Å². The summed E-state index contributed by atoms with van der Waals surface area (Å²) < 4.78 is 37.8. The maximum absolute atomic E-state index is 12.2. The highest BCUT2D eigenvalue weighted by Crippen LogP contribution is 2.27. The zero-order valence-electron chi connectivity index (χ0n) is 12.6. The molecule has 6 heteroatoms. The molecule has 1 aliphatic rings. The molecule has 0 atom stereocenters. The fourth-order valence-electron chi connectivity index (χ4n) is 2.11. The maximum Gasteiger partial charge on any atom is 0.240 e. The third-order valence-electron chi connectivity index (χ3n) is 3.18. The summed E-state index contributed by atoms with van der Waals surface area (Å²) in [6, 6.07) is 5.00. The molecule has 0 spiro atoms. The molecule has 0 bridgehead atoms. The Morgan fingerprint density at radius 2 is 2.19 bits per heavy atom. The van der Waals surface area contributed by atoms with Crippen molar-refractivity contribution in [2.45, 2.75) is 31.6 Å². The Labute approximate surface area is 126 Å². The van der Waals surface area contributed by atoms with Gasteiger partial charge in [-0.25, -0.2) is 13.1 Å². The lowest BCUT2D eigenvalue weighted by atomic mass is 10.2. The van der Waals surface area contributed by atoms with Crippen molar-refractivity contribution in [2.24, 2.45) is 5.92 Å². The van der Waals surface area contributed by atoms with Crippen LogP contribution in [0.15, 0.2) is 23.1 Å². The van der Waals surface area contributed by atoms with Crippen molar-refractivity contribution in [1.82, 2.24) is 4.72 Å². The first-order chi connectivity index (χ1) is 9.99. The minimum atomic E-state index is -3.45. The molecule has 0 saturated heterocycles. The lowest BCUT2D eigenvalue weighted by Crippen LogP contribution is -2.25. The highest BCUT2D eigenvalue weighted by atomic mass is 32.2. The van der Waals surface area contributed by atoms with Crippen molar-refractivity contribution in [3.05, 3.63) is 23.8 Å². The molecule has 0 radical (unpaired) electrons. The number of benzene rings is 1. The van der Waals surface area contributed by atoms with Crippen LogP contribution >= 0.6 is 0 Å². The first kappa shape index (κ1) is 16.3. The Bertz CT molecular complexity index is 569. The molecule has 1 aliphatic heterocycles. The topological polar surface area (TPSA) is 64.6 Å². The number of hydrogen-bond acceptors (Lipinski definition) is 4. The number of nitrogens with one attached hydrogen (secondary N) is 1. The molecular weight excluding hydrogens is 290 g/mol. The van der Waals surface area contributed by atoms with Crippen LogP contribution in [0.1, 0.15) is 25.8 Å². The summed E-state index contributed by atoms with van der Waals surface area (Å²) in [5.41, 5.74) is 0.957. The molecule has 5 nitrogen and oxygen atoms in total. The molecule has 0 fully saturated rings. The van der Waals surface area contributed by atoms with Gasteiger partial charge in [0, 0.05) is 26.2 Å². The van der Waals surface area contributed by atoms with E-state index in [1.807, 2.05) is 0 Å². The van der Waals surface area contributed by atoms with Gasteiger partial charge in [0.05, 0.1) is 11.5 Å². The molecule has 1 N–H and O–H groups in total. The highest BCUT2D eigenvalue weighted by Gasteiger charge is 2.18. The summed E-state index contributed by atoms with van der Waals surface area (Å²) in [4.78, 5) is 0.301. The van der Waals surface area contributed by atoms with Crippen LogP contribution in [0.4, 0.5) is 0 Å². The van der Waals surface area contributed by atoms with Crippen molar-refractivity contribution in [3.63, 3.8) is 0 Å². The van der Waals surface area contributed by atoms with E-state index in [-0.39, 0.29) is 0 Å². The Morgan fingerprint density at radius 3 is 2.95 bits per heavy atom. The van der Waals surface area contributed by atoms with Crippen LogP contribution in [0.5, 0.6) is 5.75 Å². The minimum absolute atomic E-state index is 0.301. The molecule has 0 amide bonds. The molecule has 0 saturated carbocycles. The van der Waals surface area contributed by atoms with E-state index in [9.17, 15) is 8.42 Å². The second kappa shape index (κ2) is 7.24. The van der Waals surface area contributed by atoms with Crippen LogP contribution in [0.2, 0.25) is 0 Å². The maximum atomic E-state index is 12.2. The summed E-state index contributed by atoms with van der Waals surface area (Å²) in [6.45, 7) is 6.45. The van der Waals surface area contributed by atoms with E-state index in [4.69, 9.17) is 9.47 Å². The summed E-state index contributed by atoms with van der Waals surface area (Å²) >= 11 is 0. The largest absolute Gasteiger partial charge is 0.493 e. The molecule has 118 valence electrons. The lowest BCUT2D eigenvalue weighted by molar-refractivity contribution is 0.108. The second-order valence-electron chi connectivity index (χ2n) is 5.59. The summed E-state index contributed by atoms with van der Waals surface area (Å²) in [5, 5.41) is 0. The molecule has 0 unspecified atom stereocenters. The van der Waals surface area contributed by atoms with E-state index in [1.165, 1.54) is 0 Å². The smallest absolute Gasteiger partial charge is 0.240 e. The van der Waals surface area contributed by atoms with Gasteiger partial charge in [0.1, 0.15) is 5.75 Å². The van der Waals surface area contributed by atoms with Crippen LogP contribution in [0.25, 0.3) is 0 Å². The average molecular weight is 313 g/mol. The molecule has 1 aromatic carbocycles. The van der Waals surface area contributed by atoms with Gasteiger partial charge in [0.2, 0.25) is 10.0 Å². The van der Waals surface area contributed by atoms with Gasteiger partial charge in [-0.3, -0.25) is 0 Å². The van der Waals surface area contributed by atoms with E-state index < -0.39 is 10.0 Å². The molecule has 1 heterocycles. The van der Waals surface area contributed by atoms with Gasteiger partial charge in [0.25, 0.3) is 0 Å². The molecule has 0 aliphatic carbocycles. The quantitative estimate of drug-likeness (QED) is 0.745.